The van der Waals surface area contributed by atoms with E-state index >= 15 is 0 Å². The quantitative estimate of drug-likeness (QED) is 0.223. The van der Waals surface area contributed by atoms with Gasteiger partial charge in [0.2, 0.25) is 5.52 Å². The molecule has 42 heavy (non-hydrogen) atoms. The van der Waals surface area contributed by atoms with Crippen LogP contribution in [0.2, 0.25) is 0 Å². The molecule has 0 fully saturated rings. The van der Waals surface area contributed by atoms with Gasteiger partial charge in [-0.05, 0) is 67.7 Å². The molecule has 4 aromatic carbocycles. The lowest BCUT2D eigenvalue weighted by Gasteiger charge is -2.42. The fourth-order valence-corrected chi connectivity index (χ4v) is 7.71. The van der Waals surface area contributed by atoms with Gasteiger partial charge in [0, 0.05) is 38.2 Å². The molecule has 2 unspecified atom stereocenters. The van der Waals surface area contributed by atoms with Crippen LogP contribution in [0.3, 0.4) is 0 Å². The maximum atomic E-state index is 10.4. The first-order valence-electron chi connectivity index (χ1n) is 15.1. The molecule has 1 aliphatic heterocycles. The van der Waals surface area contributed by atoms with Crippen LogP contribution >= 0.6 is 0 Å². The highest BCUT2D eigenvalue weighted by Gasteiger charge is 2.47. The van der Waals surface area contributed by atoms with Crippen LogP contribution in [0, 0.1) is 0 Å². The summed E-state index contributed by atoms with van der Waals surface area (Å²) in [6, 6.07) is 24.6. The van der Waals surface area contributed by atoms with Gasteiger partial charge in [0.15, 0.2) is 5.69 Å². The molecule has 6 aromatic rings. The number of hydrogen-bond donors (Lipinski definition) is 1. The lowest BCUT2D eigenvalue weighted by Crippen LogP contribution is -2.55. The number of aliphatic hydroxyl groups is 1. The Bertz CT molecular complexity index is 2020. The van der Waals surface area contributed by atoms with Crippen LogP contribution in [-0.4, -0.2) is 35.0 Å². The third-order valence-electron chi connectivity index (χ3n) is 9.84. The predicted molar refractivity (Wildman–Crippen MR) is 172 cm³/mol. The van der Waals surface area contributed by atoms with Gasteiger partial charge in [0.05, 0.1) is 17.5 Å². The third-order valence-corrected chi connectivity index (χ3v) is 9.84. The second-order valence-electron chi connectivity index (χ2n) is 13.3. The molecule has 5 heteroatoms. The van der Waals surface area contributed by atoms with Crippen LogP contribution in [0.4, 0.5) is 0 Å². The summed E-state index contributed by atoms with van der Waals surface area (Å²) in [5, 5.41) is 16.5. The zero-order valence-corrected chi connectivity index (χ0v) is 25.5. The Morgan fingerprint density at radius 3 is 2.38 bits per heavy atom. The first kappa shape index (κ1) is 27.1. The molecule has 0 radical (unpaired) electrons. The number of aryl methyl sites for hydroxylation is 1. The van der Waals surface area contributed by atoms with Gasteiger partial charge in [-0.2, -0.15) is 0 Å². The minimum Gasteiger partial charge on any atom is -0.396 e. The molecule has 0 bridgehead atoms. The van der Waals surface area contributed by atoms with Gasteiger partial charge in [0.1, 0.15) is 11.6 Å². The van der Waals surface area contributed by atoms with Crippen molar-refractivity contribution in [1.29, 1.82) is 0 Å². The maximum absolute atomic E-state index is 10.4. The van der Waals surface area contributed by atoms with E-state index in [1.54, 1.807) is 7.11 Å². The van der Waals surface area contributed by atoms with Crippen LogP contribution in [0.25, 0.3) is 54.7 Å². The molecule has 2 atom stereocenters. The molecule has 0 saturated heterocycles. The summed E-state index contributed by atoms with van der Waals surface area (Å²) in [4.78, 5) is 5.24. The molecule has 2 aromatic heterocycles. The Hall–Kier alpha value is -3.80. The third kappa shape index (κ3) is 3.76. The van der Waals surface area contributed by atoms with E-state index in [1.807, 2.05) is 0 Å². The highest BCUT2D eigenvalue weighted by Crippen LogP contribution is 2.50. The van der Waals surface area contributed by atoms with Crippen molar-refractivity contribution in [3.63, 3.8) is 0 Å². The molecule has 1 N–H and O–H groups in total. The van der Waals surface area contributed by atoms with E-state index in [4.69, 9.17) is 9.72 Å². The zero-order valence-electron chi connectivity index (χ0n) is 25.5. The second kappa shape index (κ2) is 9.62. The number of aromatic nitrogens is 3. The number of methoxy groups -OCH3 is 1. The Morgan fingerprint density at radius 1 is 1.00 bits per heavy atom. The summed E-state index contributed by atoms with van der Waals surface area (Å²) >= 11 is 0. The average Bonchev–Trinajstić information content (AvgIpc) is 3.27. The standard InChI is InChI=1S/C37H40N3O2/c1-36(2,3)28-21-30-32(26-14-10-9-13-25(26)28)33-35(39(30)5)34-27-19-23-11-7-8-12-24(23)20-29(27)37(4,16-17-41)31(15-18-42-6)40(34)22-38-33/h7-14,19-22,31,41H,15-18H2,1-6H3/q+1. The van der Waals surface area contributed by atoms with Crippen molar-refractivity contribution < 1.29 is 14.4 Å². The lowest BCUT2D eigenvalue weighted by atomic mass is 9.67. The number of aliphatic hydroxyl groups excluding tert-OH is 1. The minimum absolute atomic E-state index is 0.00523. The molecule has 214 valence electrons. The number of benzene rings is 4. The number of fused-ring (bicyclic) bond motifs is 10. The summed E-state index contributed by atoms with van der Waals surface area (Å²) in [7, 11) is 3.96. The van der Waals surface area contributed by atoms with Gasteiger partial charge in [-0.15, -0.1) is 0 Å². The Morgan fingerprint density at radius 2 is 1.69 bits per heavy atom. The predicted octanol–water partition coefficient (Wildman–Crippen LogP) is 7.52. The van der Waals surface area contributed by atoms with Crippen molar-refractivity contribution in [3.05, 3.63) is 84.2 Å². The van der Waals surface area contributed by atoms with Gasteiger partial charge in [-0.25, -0.2) is 4.57 Å². The fraction of sp³-hybridized carbons (Fsp3) is 0.351. The normalized spacial score (nSPS) is 18.7. The summed E-state index contributed by atoms with van der Waals surface area (Å²) < 4.78 is 10.4. The van der Waals surface area contributed by atoms with Gasteiger partial charge in [-0.1, -0.05) is 76.2 Å². The lowest BCUT2D eigenvalue weighted by molar-refractivity contribution is -0.726. The Balaban J connectivity index is 1.67. The van der Waals surface area contributed by atoms with Crippen molar-refractivity contribution in [2.45, 2.75) is 57.4 Å². The van der Waals surface area contributed by atoms with Gasteiger partial charge < -0.3 is 14.4 Å². The van der Waals surface area contributed by atoms with Crippen molar-refractivity contribution in [2.24, 2.45) is 7.05 Å². The van der Waals surface area contributed by atoms with Crippen molar-refractivity contribution in [1.82, 2.24) is 9.55 Å². The first-order chi connectivity index (χ1) is 20.2. The topological polar surface area (TPSA) is 51.2 Å². The van der Waals surface area contributed by atoms with Gasteiger partial charge >= 0.3 is 0 Å². The van der Waals surface area contributed by atoms with E-state index in [0.29, 0.717) is 13.0 Å². The SMILES string of the molecule is COCCC1[n+]2cnc3c4c5ccccc5c(C(C)(C)C)cc4n(C)c3c2-c2cc3ccccc3cc2C1(C)CCO. The summed E-state index contributed by atoms with van der Waals surface area (Å²) in [6.07, 6.45) is 3.54. The van der Waals surface area contributed by atoms with Crippen molar-refractivity contribution >= 4 is 43.5 Å². The van der Waals surface area contributed by atoms with Crippen molar-refractivity contribution in [3.8, 4) is 11.3 Å². The molecular weight excluding hydrogens is 518 g/mol. The van der Waals surface area contributed by atoms with Gasteiger partial charge in [-0.3, -0.25) is 0 Å². The molecule has 0 saturated carbocycles. The molecule has 1 aliphatic rings. The Kier molecular flexibility index (Phi) is 6.20. The van der Waals surface area contributed by atoms with Crippen LogP contribution in [-0.2, 0) is 22.6 Å². The Labute approximate surface area is 247 Å². The molecule has 7 rings (SSSR count). The smallest absolute Gasteiger partial charge is 0.287 e. The number of nitrogens with zero attached hydrogens (tertiary/aromatic N) is 3. The van der Waals surface area contributed by atoms with Crippen LogP contribution in [0.5, 0.6) is 0 Å². The summed E-state index contributed by atoms with van der Waals surface area (Å²) in [5.41, 5.74) is 8.13. The van der Waals surface area contributed by atoms with E-state index in [-0.39, 0.29) is 23.5 Å². The van der Waals surface area contributed by atoms with E-state index in [2.05, 4.69) is 117 Å². The monoisotopic (exact) mass is 558 g/mol. The molecule has 0 amide bonds. The van der Waals surface area contributed by atoms with E-state index in [0.717, 1.165) is 17.5 Å². The average molecular weight is 559 g/mol. The highest BCUT2D eigenvalue weighted by molar-refractivity contribution is 6.21. The van der Waals surface area contributed by atoms with Gasteiger partial charge in [0.25, 0.3) is 6.33 Å². The zero-order chi connectivity index (χ0) is 29.4. The van der Waals surface area contributed by atoms with E-state index in [9.17, 15) is 5.11 Å². The minimum atomic E-state index is -0.295. The number of ether oxygens (including phenoxy) is 1. The number of rotatable bonds is 5. The molecular formula is C37H40N3O2+. The number of hydrogen-bond acceptors (Lipinski definition) is 3. The fourth-order valence-electron chi connectivity index (χ4n) is 7.71. The summed E-state index contributed by atoms with van der Waals surface area (Å²) in [6.45, 7) is 9.94. The highest BCUT2D eigenvalue weighted by atomic mass is 16.5. The van der Waals surface area contributed by atoms with Crippen molar-refractivity contribution in [2.75, 3.05) is 20.3 Å². The van der Waals surface area contributed by atoms with E-state index < -0.39 is 0 Å². The molecule has 3 heterocycles. The summed E-state index contributed by atoms with van der Waals surface area (Å²) in [5.74, 6) is 0. The van der Waals surface area contributed by atoms with E-state index in [1.165, 1.54) is 54.8 Å². The second-order valence-corrected chi connectivity index (χ2v) is 13.3. The molecule has 5 nitrogen and oxygen atoms in total. The largest absolute Gasteiger partial charge is 0.396 e. The van der Waals surface area contributed by atoms with Crippen LogP contribution in [0.1, 0.15) is 57.7 Å². The molecule has 0 aliphatic carbocycles. The molecule has 0 spiro atoms. The van der Waals surface area contributed by atoms with Crippen LogP contribution < -0.4 is 4.57 Å². The maximum Gasteiger partial charge on any atom is 0.287 e. The first-order valence-corrected chi connectivity index (χ1v) is 15.1. The van der Waals surface area contributed by atoms with Crippen LogP contribution in [0.15, 0.2) is 73.1 Å².